The van der Waals surface area contributed by atoms with Crippen molar-refractivity contribution >= 4 is 23.5 Å². The molecule has 0 saturated carbocycles. The van der Waals surface area contributed by atoms with Crippen LogP contribution in [0.2, 0.25) is 5.02 Å². The van der Waals surface area contributed by atoms with E-state index < -0.39 is 12.1 Å². The number of rotatable bonds is 6. The molecule has 1 fully saturated rings. The summed E-state index contributed by atoms with van der Waals surface area (Å²) in [7, 11) is 0. The third-order valence-electron chi connectivity index (χ3n) is 4.75. The van der Waals surface area contributed by atoms with E-state index in [2.05, 4.69) is 5.10 Å². The number of benzene rings is 1. The van der Waals surface area contributed by atoms with Crippen molar-refractivity contribution in [2.24, 2.45) is 0 Å². The van der Waals surface area contributed by atoms with E-state index in [9.17, 15) is 9.59 Å². The van der Waals surface area contributed by atoms with Crippen LogP contribution < -0.4 is 4.74 Å². The van der Waals surface area contributed by atoms with Crippen molar-refractivity contribution in [3.63, 3.8) is 0 Å². The van der Waals surface area contributed by atoms with E-state index in [4.69, 9.17) is 21.4 Å². The molecule has 7 nitrogen and oxygen atoms in total. The second-order valence-corrected chi connectivity index (χ2v) is 6.92. The van der Waals surface area contributed by atoms with Gasteiger partial charge < -0.3 is 14.7 Å². The van der Waals surface area contributed by atoms with Gasteiger partial charge in [-0.05, 0) is 31.4 Å². The molecule has 0 radical (unpaired) electrons. The summed E-state index contributed by atoms with van der Waals surface area (Å²) in [5, 5.41) is 13.6. The number of carboxylic acid groups (broad SMARTS) is 1. The van der Waals surface area contributed by atoms with Crippen molar-refractivity contribution in [3.05, 3.63) is 47.2 Å². The molecule has 0 aliphatic carbocycles. The van der Waals surface area contributed by atoms with Crippen LogP contribution in [-0.4, -0.2) is 50.9 Å². The SMILES string of the molecule is CCC(Oc1ccccc1Cl)C(=O)N1CCC(n2cc(C(=O)O)cn2)CC1. The summed E-state index contributed by atoms with van der Waals surface area (Å²) in [4.78, 5) is 25.6. The smallest absolute Gasteiger partial charge is 0.338 e. The number of hydrogen-bond donors (Lipinski definition) is 1. The molecule has 2 heterocycles. The number of hydrogen-bond acceptors (Lipinski definition) is 4. The molecule has 0 bridgehead atoms. The van der Waals surface area contributed by atoms with Gasteiger partial charge in [-0.25, -0.2) is 4.79 Å². The van der Waals surface area contributed by atoms with E-state index in [1.807, 2.05) is 19.1 Å². The minimum atomic E-state index is -0.989. The van der Waals surface area contributed by atoms with Crippen LogP contribution in [0.4, 0.5) is 0 Å². The number of carbonyl (C=O) groups is 2. The lowest BCUT2D eigenvalue weighted by molar-refractivity contribution is -0.140. The minimum absolute atomic E-state index is 0.0532. The Labute approximate surface area is 162 Å². The number of carbonyl (C=O) groups excluding carboxylic acids is 1. The van der Waals surface area contributed by atoms with Crippen molar-refractivity contribution in [1.29, 1.82) is 0 Å². The van der Waals surface area contributed by atoms with Crippen LogP contribution in [0.3, 0.4) is 0 Å². The standard InChI is InChI=1S/C19H22ClN3O4/c1-2-16(27-17-6-4-3-5-15(17)20)18(24)22-9-7-14(8-10-22)23-12-13(11-21-23)19(25)26/h3-6,11-12,14,16H,2,7-10H2,1H3,(H,25,26). The Morgan fingerprint density at radius 1 is 1.33 bits per heavy atom. The normalized spacial score (nSPS) is 16.1. The molecule has 1 aromatic carbocycles. The van der Waals surface area contributed by atoms with Gasteiger partial charge >= 0.3 is 5.97 Å². The van der Waals surface area contributed by atoms with E-state index in [0.717, 1.165) is 12.8 Å². The van der Waals surface area contributed by atoms with E-state index in [1.54, 1.807) is 27.9 Å². The van der Waals surface area contributed by atoms with Crippen molar-refractivity contribution < 1.29 is 19.4 Å². The first-order chi connectivity index (χ1) is 13.0. The maximum atomic E-state index is 12.8. The van der Waals surface area contributed by atoms with E-state index in [-0.39, 0.29) is 17.5 Å². The monoisotopic (exact) mass is 391 g/mol. The highest BCUT2D eigenvalue weighted by Gasteiger charge is 2.30. The fraction of sp³-hybridized carbons (Fsp3) is 0.421. The largest absolute Gasteiger partial charge is 0.479 e. The summed E-state index contributed by atoms with van der Waals surface area (Å²) in [6.07, 6.45) is 4.30. The molecule has 1 unspecified atom stereocenters. The van der Waals surface area contributed by atoms with Gasteiger partial charge in [0.15, 0.2) is 6.10 Å². The number of piperidine rings is 1. The molecule has 8 heteroatoms. The molecule has 144 valence electrons. The number of ether oxygens (including phenoxy) is 1. The van der Waals surface area contributed by atoms with Crippen LogP contribution in [0.5, 0.6) is 5.75 Å². The maximum Gasteiger partial charge on any atom is 0.338 e. The highest BCUT2D eigenvalue weighted by Crippen LogP contribution is 2.27. The molecule has 1 aliphatic heterocycles. The zero-order valence-corrected chi connectivity index (χ0v) is 15.8. The molecular weight excluding hydrogens is 370 g/mol. The first kappa shape index (κ1) is 19.2. The van der Waals surface area contributed by atoms with Gasteiger partial charge in [-0.2, -0.15) is 5.10 Å². The lowest BCUT2D eigenvalue weighted by Gasteiger charge is -2.34. The van der Waals surface area contributed by atoms with E-state index in [0.29, 0.717) is 30.3 Å². The molecule has 1 atom stereocenters. The van der Waals surface area contributed by atoms with Gasteiger partial charge in [0.1, 0.15) is 5.75 Å². The number of aromatic nitrogens is 2. The lowest BCUT2D eigenvalue weighted by atomic mass is 10.0. The van der Waals surface area contributed by atoms with Gasteiger partial charge in [0.05, 0.1) is 22.8 Å². The first-order valence-corrected chi connectivity index (χ1v) is 9.34. The Bertz CT molecular complexity index is 815. The fourth-order valence-corrected chi connectivity index (χ4v) is 3.38. The molecule has 0 spiro atoms. The number of likely N-dealkylation sites (tertiary alicyclic amines) is 1. The molecule has 1 aliphatic rings. The van der Waals surface area contributed by atoms with Crippen LogP contribution in [0.25, 0.3) is 0 Å². The second-order valence-electron chi connectivity index (χ2n) is 6.52. The van der Waals surface area contributed by atoms with Gasteiger partial charge in [0.2, 0.25) is 0 Å². The van der Waals surface area contributed by atoms with Crippen molar-refractivity contribution in [3.8, 4) is 5.75 Å². The first-order valence-electron chi connectivity index (χ1n) is 8.97. The molecular formula is C19H22ClN3O4. The van der Waals surface area contributed by atoms with Gasteiger partial charge in [-0.3, -0.25) is 9.48 Å². The minimum Gasteiger partial charge on any atom is -0.479 e. The van der Waals surface area contributed by atoms with Crippen LogP contribution >= 0.6 is 11.6 Å². The zero-order chi connectivity index (χ0) is 19.4. The van der Waals surface area contributed by atoms with Crippen LogP contribution in [-0.2, 0) is 4.79 Å². The molecule has 3 rings (SSSR count). The van der Waals surface area contributed by atoms with Gasteiger partial charge in [-0.1, -0.05) is 30.7 Å². The molecule has 27 heavy (non-hydrogen) atoms. The summed E-state index contributed by atoms with van der Waals surface area (Å²) >= 11 is 6.13. The predicted molar refractivity (Wildman–Crippen MR) is 100 cm³/mol. The Kier molecular flexibility index (Phi) is 6.01. The zero-order valence-electron chi connectivity index (χ0n) is 15.0. The number of halogens is 1. The molecule has 1 aromatic heterocycles. The number of aromatic carboxylic acids is 1. The highest BCUT2D eigenvalue weighted by molar-refractivity contribution is 6.32. The highest BCUT2D eigenvalue weighted by atomic mass is 35.5. The molecule has 1 saturated heterocycles. The second kappa shape index (κ2) is 8.43. The number of carboxylic acids is 1. The number of para-hydroxylation sites is 1. The summed E-state index contributed by atoms with van der Waals surface area (Å²) in [6.45, 7) is 3.06. The van der Waals surface area contributed by atoms with Gasteiger partial charge in [0.25, 0.3) is 5.91 Å². The summed E-state index contributed by atoms with van der Waals surface area (Å²) < 4.78 is 7.53. The van der Waals surface area contributed by atoms with Crippen molar-refractivity contribution in [2.75, 3.05) is 13.1 Å². The summed E-state index contributed by atoms with van der Waals surface area (Å²) in [6, 6.07) is 7.21. The Morgan fingerprint density at radius 3 is 2.63 bits per heavy atom. The van der Waals surface area contributed by atoms with Gasteiger partial charge in [-0.15, -0.1) is 0 Å². The maximum absolute atomic E-state index is 12.8. The molecule has 1 N–H and O–H groups in total. The lowest BCUT2D eigenvalue weighted by Crippen LogP contribution is -2.46. The Morgan fingerprint density at radius 2 is 2.04 bits per heavy atom. The van der Waals surface area contributed by atoms with Crippen molar-refractivity contribution in [2.45, 2.75) is 38.3 Å². The van der Waals surface area contributed by atoms with Crippen LogP contribution in [0, 0.1) is 0 Å². The predicted octanol–water partition coefficient (Wildman–Crippen LogP) is 3.26. The Balaban J connectivity index is 1.59. The quantitative estimate of drug-likeness (QED) is 0.816. The van der Waals surface area contributed by atoms with E-state index in [1.165, 1.54) is 6.20 Å². The van der Waals surface area contributed by atoms with Crippen molar-refractivity contribution in [1.82, 2.24) is 14.7 Å². The fourth-order valence-electron chi connectivity index (χ4n) is 3.20. The molecule has 2 aromatic rings. The number of amides is 1. The summed E-state index contributed by atoms with van der Waals surface area (Å²) in [5.74, 6) is -0.536. The van der Waals surface area contributed by atoms with Gasteiger partial charge in [0, 0.05) is 19.3 Å². The third-order valence-corrected chi connectivity index (χ3v) is 5.06. The topological polar surface area (TPSA) is 84.7 Å². The average Bonchev–Trinajstić information content (AvgIpc) is 3.17. The van der Waals surface area contributed by atoms with Crippen LogP contribution in [0.15, 0.2) is 36.7 Å². The van der Waals surface area contributed by atoms with Crippen LogP contribution in [0.1, 0.15) is 42.6 Å². The number of nitrogens with zero attached hydrogens (tertiary/aromatic N) is 3. The molecule has 1 amide bonds. The van der Waals surface area contributed by atoms with E-state index >= 15 is 0 Å². The summed E-state index contributed by atoms with van der Waals surface area (Å²) in [5.41, 5.74) is 0.174. The third kappa shape index (κ3) is 4.42. The Hall–Kier alpha value is -2.54. The average molecular weight is 392 g/mol.